The van der Waals surface area contributed by atoms with Crippen LogP contribution in [0.1, 0.15) is 26.4 Å². The zero-order chi connectivity index (χ0) is 29.1. The summed E-state index contributed by atoms with van der Waals surface area (Å²) in [7, 11) is 1.61. The molecule has 4 aromatic rings. The van der Waals surface area contributed by atoms with Crippen molar-refractivity contribution in [1.82, 2.24) is 24.6 Å². The predicted molar refractivity (Wildman–Crippen MR) is 160 cm³/mol. The maximum Gasteiger partial charge on any atom is 0.270 e. The number of aromatic nitrogens is 1. The van der Waals surface area contributed by atoms with E-state index in [-0.39, 0.29) is 30.3 Å². The Kier molecular flexibility index (Phi) is 7.92. The second-order valence-corrected chi connectivity index (χ2v) is 10.9. The predicted octanol–water partition coefficient (Wildman–Crippen LogP) is 3.49. The molecular formula is C33H35N5O4. The van der Waals surface area contributed by atoms with Crippen LogP contribution >= 0.6 is 0 Å². The van der Waals surface area contributed by atoms with Gasteiger partial charge in [-0.05, 0) is 42.0 Å². The van der Waals surface area contributed by atoms with E-state index in [4.69, 9.17) is 4.74 Å². The summed E-state index contributed by atoms with van der Waals surface area (Å²) in [6.07, 6.45) is 0. The van der Waals surface area contributed by atoms with Gasteiger partial charge in [0.05, 0.1) is 13.2 Å². The molecule has 1 atom stereocenters. The number of nitrogens with one attached hydrogen (secondary N) is 1. The van der Waals surface area contributed by atoms with Gasteiger partial charge in [-0.3, -0.25) is 19.3 Å². The highest BCUT2D eigenvalue weighted by molar-refractivity contribution is 6.00. The van der Waals surface area contributed by atoms with Gasteiger partial charge >= 0.3 is 0 Å². The fraction of sp³-hybridized carbons (Fsp3) is 0.303. The van der Waals surface area contributed by atoms with Crippen molar-refractivity contribution < 1.29 is 19.1 Å². The Hall–Kier alpha value is -4.63. The summed E-state index contributed by atoms with van der Waals surface area (Å²) in [5, 5.41) is 0.881. The van der Waals surface area contributed by atoms with Crippen LogP contribution in [0.3, 0.4) is 0 Å². The van der Waals surface area contributed by atoms with Crippen LogP contribution in [0.25, 0.3) is 10.9 Å². The molecule has 2 aliphatic rings. The lowest BCUT2D eigenvalue weighted by Crippen LogP contribution is -2.61. The van der Waals surface area contributed by atoms with Crippen molar-refractivity contribution in [3.05, 3.63) is 102 Å². The number of amides is 3. The van der Waals surface area contributed by atoms with Crippen LogP contribution in [0.5, 0.6) is 5.75 Å². The average molecular weight is 566 g/mol. The van der Waals surface area contributed by atoms with Gasteiger partial charge in [0.1, 0.15) is 18.0 Å². The normalized spacial score (nSPS) is 18.0. The fourth-order valence-corrected chi connectivity index (χ4v) is 5.90. The van der Waals surface area contributed by atoms with Crippen LogP contribution in [-0.4, -0.2) is 101 Å². The number of fused-ring (bicyclic) bond motifs is 1. The molecule has 0 aliphatic carbocycles. The Morgan fingerprint density at radius 2 is 1.57 bits per heavy atom. The highest BCUT2D eigenvalue weighted by atomic mass is 16.5. The van der Waals surface area contributed by atoms with Crippen molar-refractivity contribution in [3.8, 4) is 5.75 Å². The maximum absolute atomic E-state index is 13.7. The van der Waals surface area contributed by atoms with Crippen molar-refractivity contribution in [2.45, 2.75) is 12.6 Å². The van der Waals surface area contributed by atoms with Gasteiger partial charge in [0.25, 0.3) is 11.8 Å². The van der Waals surface area contributed by atoms with Gasteiger partial charge in [0, 0.05) is 62.3 Å². The standard InChI is InChI=1S/C33H35N5O4/c1-42-28-12-13-29-26(18-28)19-30(34-29)33(41)37-22-27(38(31(39)23-37)20-24-8-4-2-5-9-24)21-35-14-16-36(17-15-35)32(40)25-10-6-3-7-11-25/h2-13,18-19,27,34H,14-17,20-23H2,1H3/t27-/m0/s1. The number of methoxy groups -OCH3 is 1. The zero-order valence-electron chi connectivity index (χ0n) is 23.7. The van der Waals surface area contributed by atoms with E-state index in [1.54, 1.807) is 12.0 Å². The van der Waals surface area contributed by atoms with Crippen LogP contribution in [0.4, 0.5) is 0 Å². The molecule has 2 fully saturated rings. The lowest BCUT2D eigenvalue weighted by Gasteiger charge is -2.44. The number of piperazine rings is 2. The van der Waals surface area contributed by atoms with Crippen molar-refractivity contribution in [3.63, 3.8) is 0 Å². The van der Waals surface area contributed by atoms with Gasteiger partial charge in [-0.15, -0.1) is 0 Å². The Balaban J connectivity index is 1.17. The minimum absolute atomic E-state index is 0.0280. The largest absolute Gasteiger partial charge is 0.497 e. The Morgan fingerprint density at radius 1 is 0.857 bits per heavy atom. The van der Waals surface area contributed by atoms with Gasteiger partial charge in [-0.1, -0.05) is 48.5 Å². The minimum atomic E-state index is -0.193. The summed E-state index contributed by atoms with van der Waals surface area (Å²) in [6, 6.07) is 26.6. The summed E-state index contributed by atoms with van der Waals surface area (Å²) in [6.45, 7) is 4.23. The smallest absolute Gasteiger partial charge is 0.270 e. The van der Waals surface area contributed by atoms with Crippen molar-refractivity contribution in [1.29, 1.82) is 0 Å². The first-order chi connectivity index (χ1) is 20.5. The third-order valence-corrected chi connectivity index (χ3v) is 8.21. The van der Waals surface area contributed by atoms with E-state index < -0.39 is 0 Å². The van der Waals surface area contributed by atoms with Crippen molar-refractivity contribution in [2.75, 3.05) is 52.9 Å². The van der Waals surface area contributed by atoms with Crippen LogP contribution < -0.4 is 4.74 Å². The van der Waals surface area contributed by atoms with E-state index in [0.717, 1.165) is 22.2 Å². The number of hydrogen-bond acceptors (Lipinski definition) is 5. The fourth-order valence-electron chi connectivity index (χ4n) is 5.90. The van der Waals surface area contributed by atoms with Crippen LogP contribution in [0, 0.1) is 0 Å². The molecule has 42 heavy (non-hydrogen) atoms. The topological polar surface area (TPSA) is 89.2 Å². The molecule has 1 N–H and O–H groups in total. The lowest BCUT2D eigenvalue weighted by atomic mass is 10.1. The monoisotopic (exact) mass is 565 g/mol. The zero-order valence-corrected chi connectivity index (χ0v) is 23.7. The molecule has 216 valence electrons. The number of hydrogen-bond donors (Lipinski definition) is 1. The molecule has 0 unspecified atom stereocenters. The number of rotatable bonds is 7. The maximum atomic E-state index is 13.7. The molecule has 0 radical (unpaired) electrons. The second kappa shape index (κ2) is 12.1. The third kappa shape index (κ3) is 5.87. The molecule has 3 amide bonds. The Morgan fingerprint density at radius 3 is 2.29 bits per heavy atom. The third-order valence-electron chi connectivity index (χ3n) is 8.21. The molecule has 0 bridgehead atoms. The molecule has 9 heteroatoms. The first-order valence-electron chi connectivity index (χ1n) is 14.3. The highest BCUT2D eigenvalue weighted by Crippen LogP contribution is 2.24. The molecule has 0 spiro atoms. The first kappa shape index (κ1) is 27.5. The molecular weight excluding hydrogens is 530 g/mol. The molecule has 3 heterocycles. The lowest BCUT2D eigenvalue weighted by molar-refractivity contribution is -0.140. The minimum Gasteiger partial charge on any atom is -0.497 e. The van der Waals surface area contributed by atoms with Gasteiger partial charge < -0.3 is 24.4 Å². The van der Waals surface area contributed by atoms with E-state index in [1.807, 2.05) is 94.7 Å². The number of H-pyrrole nitrogens is 1. The number of nitrogens with zero attached hydrogens (tertiary/aromatic N) is 4. The van der Waals surface area contributed by atoms with Crippen LogP contribution in [-0.2, 0) is 11.3 Å². The van der Waals surface area contributed by atoms with E-state index in [0.29, 0.717) is 57.1 Å². The van der Waals surface area contributed by atoms with Crippen molar-refractivity contribution >= 4 is 28.6 Å². The molecule has 6 rings (SSSR count). The van der Waals surface area contributed by atoms with Crippen molar-refractivity contribution in [2.24, 2.45) is 0 Å². The molecule has 2 saturated heterocycles. The number of carbonyl (C=O) groups excluding carboxylic acids is 3. The Bertz CT molecular complexity index is 1560. The number of benzene rings is 3. The summed E-state index contributed by atoms with van der Waals surface area (Å²) in [5.74, 6) is 0.498. The summed E-state index contributed by atoms with van der Waals surface area (Å²) in [5.41, 5.74) is 3.04. The molecule has 3 aromatic carbocycles. The summed E-state index contributed by atoms with van der Waals surface area (Å²) < 4.78 is 5.33. The van der Waals surface area contributed by atoms with Crippen LogP contribution in [0.2, 0.25) is 0 Å². The van der Waals surface area contributed by atoms with E-state index in [2.05, 4.69) is 9.88 Å². The molecule has 9 nitrogen and oxygen atoms in total. The number of carbonyl (C=O) groups is 3. The average Bonchev–Trinajstić information content (AvgIpc) is 3.46. The number of ether oxygens (including phenoxy) is 1. The van der Waals surface area contributed by atoms with Gasteiger partial charge in [0.15, 0.2) is 0 Å². The van der Waals surface area contributed by atoms with Gasteiger partial charge in [-0.25, -0.2) is 0 Å². The first-order valence-corrected chi connectivity index (χ1v) is 14.3. The highest BCUT2D eigenvalue weighted by Gasteiger charge is 2.37. The summed E-state index contributed by atoms with van der Waals surface area (Å²) >= 11 is 0. The molecule has 1 aromatic heterocycles. The van der Waals surface area contributed by atoms with E-state index in [9.17, 15) is 14.4 Å². The van der Waals surface area contributed by atoms with E-state index in [1.165, 1.54) is 0 Å². The van der Waals surface area contributed by atoms with Gasteiger partial charge in [0.2, 0.25) is 5.91 Å². The SMILES string of the molecule is COc1ccc2[nH]c(C(=O)N3CC(=O)N(Cc4ccccc4)[C@@H](CN4CCN(C(=O)c5ccccc5)CC4)C3)cc2c1. The molecule has 2 aliphatic heterocycles. The second-order valence-electron chi connectivity index (χ2n) is 10.9. The Labute approximate surface area is 245 Å². The van der Waals surface area contributed by atoms with Crippen LogP contribution in [0.15, 0.2) is 84.9 Å². The molecule has 0 saturated carbocycles. The van der Waals surface area contributed by atoms with E-state index >= 15 is 0 Å². The van der Waals surface area contributed by atoms with Gasteiger partial charge in [-0.2, -0.15) is 0 Å². The number of aromatic amines is 1. The quantitative estimate of drug-likeness (QED) is 0.371. The summed E-state index contributed by atoms with van der Waals surface area (Å²) in [4.78, 5) is 51.2.